The van der Waals surface area contributed by atoms with E-state index in [2.05, 4.69) is 5.23 Å². The van der Waals surface area contributed by atoms with E-state index in [9.17, 15) is 9.59 Å². The van der Waals surface area contributed by atoms with Crippen LogP contribution in [0.2, 0.25) is 0 Å². The Hall–Kier alpha value is -0.835. The van der Waals surface area contributed by atoms with Gasteiger partial charge in [0.1, 0.15) is 0 Å². The number of hydrogen-bond donors (Lipinski definition) is 2. The monoisotopic (exact) mass is 143 g/mol. The van der Waals surface area contributed by atoms with Crippen LogP contribution in [0.5, 0.6) is 0 Å². The minimum atomic E-state index is -0.798. The number of carboxylic acid groups (broad SMARTS) is 1. The van der Waals surface area contributed by atoms with Gasteiger partial charge < -0.3 is 15.1 Å². The molecule has 5 heteroatoms. The van der Waals surface area contributed by atoms with Crippen molar-refractivity contribution in [2.24, 2.45) is 0 Å². The average Bonchev–Trinajstić information content (AvgIpc) is 1.87. The molecule has 0 saturated carbocycles. The highest BCUT2D eigenvalue weighted by atomic mass is 16.4. The first-order valence-corrected chi connectivity index (χ1v) is 3.13. The molecular formula is C5H10BNO3. The van der Waals surface area contributed by atoms with Crippen molar-refractivity contribution < 1.29 is 14.7 Å². The smallest absolute Gasteiger partial charge is 0.303 e. The van der Waals surface area contributed by atoms with Crippen LogP contribution in [0.3, 0.4) is 0 Å². The molecule has 0 heterocycles. The predicted molar refractivity (Wildman–Crippen MR) is 38.8 cm³/mol. The number of rotatable bonds is 6. The molecule has 0 radical (unpaired) electrons. The molecule has 0 spiro atoms. The van der Waals surface area contributed by atoms with Gasteiger partial charge in [0.25, 0.3) is 7.41 Å². The molecule has 4 nitrogen and oxygen atoms in total. The van der Waals surface area contributed by atoms with E-state index >= 15 is 0 Å². The van der Waals surface area contributed by atoms with Crippen LogP contribution < -0.4 is 5.23 Å². The standard InChI is InChI=1S/C5H10BNO3/c8-4-6-7-3-1-2-5(9)10/h4,6-7H,1-3H2,(H,9,10). The minimum Gasteiger partial charge on any atom is -0.481 e. The molecule has 0 amide bonds. The lowest BCUT2D eigenvalue weighted by Gasteiger charge is -1.95. The van der Waals surface area contributed by atoms with E-state index in [1.807, 2.05) is 0 Å². The summed E-state index contributed by atoms with van der Waals surface area (Å²) in [6.45, 7) is 0.588. The zero-order valence-corrected chi connectivity index (χ0v) is 5.67. The number of carbonyl (C=O) groups is 2. The molecule has 0 aromatic rings. The third kappa shape index (κ3) is 7.16. The van der Waals surface area contributed by atoms with Gasteiger partial charge in [0.2, 0.25) is 0 Å². The Kier molecular flexibility index (Phi) is 5.76. The maximum Gasteiger partial charge on any atom is 0.303 e. The van der Waals surface area contributed by atoms with E-state index in [4.69, 9.17) is 5.11 Å². The molecule has 0 saturated heterocycles. The largest absolute Gasteiger partial charge is 0.481 e. The second kappa shape index (κ2) is 6.29. The van der Waals surface area contributed by atoms with E-state index in [1.165, 1.54) is 0 Å². The Morgan fingerprint density at radius 3 is 2.90 bits per heavy atom. The van der Waals surface area contributed by atoms with Gasteiger partial charge in [-0.1, -0.05) is 0 Å². The van der Waals surface area contributed by atoms with Crippen LogP contribution in [0.25, 0.3) is 0 Å². The first-order chi connectivity index (χ1) is 4.77. The molecular weight excluding hydrogens is 133 g/mol. The third-order valence-corrected chi connectivity index (χ3v) is 0.972. The summed E-state index contributed by atoms with van der Waals surface area (Å²) in [5.74, 6) is -0.798. The fraction of sp³-hybridized carbons (Fsp3) is 0.600. The van der Waals surface area contributed by atoms with Crippen LogP contribution in [0.4, 0.5) is 0 Å². The number of carbonyl (C=O) groups excluding carboxylic acids is 1. The number of nitrogens with one attached hydrogen (secondary N) is 1. The van der Waals surface area contributed by atoms with Gasteiger partial charge in [0.15, 0.2) is 0 Å². The van der Waals surface area contributed by atoms with Crippen LogP contribution in [0.15, 0.2) is 0 Å². The third-order valence-electron chi connectivity index (χ3n) is 0.972. The van der Waals surface area contributed by atoms with Crippen molar-refractivity contribution in [3.63, 3.8) is 0 Å². The predicted octanol–water partition coefficient (Wildman–Crippen LogP) is -1.02. The van der Waals surface area contributed by atoms with Crippen molar-refractivity contribution in [2.45, 2.75) is 12.8 Å². The quantitative estimate of drug-likeness (QED) is 0.283. The van der Waals surface area contributed by atoms with Gasteiger partial charge in [-0.3, -0.25) is 4.79 Å². The molecule has 0 aromatic heterocycles. The Labute approximate surface area is 59.9 Å². The van der Waals surface area contributed by atoms with Gasteiger partial charge in [-0.25, -0.2) is 0 Å². The SMILES string of the molecule is O=CBNCCCC(=O)O. The van der Waals surface area contributed by atoms with Crippen molar-refractivity contribution in [2.75, 3.05) is 6.54 Å². The van der Waals surface area contributed by atoms with Crippen LogP contribution in [0.1, 0.15) is 12.8 Å². The second-order valence-corrected chi connectivity index (χ2v) is 1.87. The van der Waals surface area contributed by atoms with Gasteiger partial charge >= 0.3 is 5.97 Å². The van der Waals surface area contributed by atoms with Crippen molar-refractivity contribution in [1.82, 2.24) is 5.23 Å². The van der Waals surface area contributed by atoms with Crippen molar-refractivity contribution in [1.29, 1.82) is 0 Å². The summed E-state index contributed by atoms with van der Waals surface area (Å²) < 4.78 is 0. The van der Waals surface area contributed by atoms with Gasteiger partial charge in [-0.05, 0) is 13.0 Å². The minimum absolute atomic E-state index is 0.159. The molecule has 0 aromatic carbocycles. The summed E-state index contributed by atoms with van der Waals surface area (Å²) in [7, 11) is 0.305. The lowest BCUT2D eigenvalue weighted by atomic mass is 9.99. The van der Waals surface area contributed by atoms with E-state index in [-0.39, 0.29) is 6.42 Å². The molecule has 0 aliphatic carbocycles. The van der Waals surface area contributed by atoms with E-state index in [1.54, 1.807) is 0 Å². The molecule has 0 fully saturated rings. The Morgan fingerprint density at radius 1 is 1.70 bits per heavy atom. The molecule has 2 N–H and O–H groups in total. The highest BCUT2D eigenvalue weighted by Crippen LogP contribution is 1.84. The summed E-state index contributed by atoms with van der Waals surface area (Å²) in [5, 5.41) is 10.9. The van der Waals surface area contributed by atoms with Gasteiger partial charge in [0, 0.05) is 6.42 Å². The molecule has 10 heavy (non-hydrogen) atoms. The number of carboxylic acids is 1. The van der Waals surface area contributed by atoms with Crippen molar-refractivity contribution in [3.8, 4) is 0 Å². The number of hydrogen-bond acceptors (Lipinski definition) is 3. The average molecular weight is 143 g/mol. The summed E-state index contributed by atoms with van der Waals surface area (Å²) in [6.07, 6.45) is 1.48. The van der Waals surface area contributed by atoms with E-state index in [0.29, 0.717) is 20.4 Å². The van der Waals surface area contributed by atoms with E-state index < -0.39 is 5.97 Å². The highest BCUT2D eigenvalue weighted by molar-refractivity contribution is 6.64. The zero-order valence-electron chi connectivity index (χ0n) is 5.67. The summed E-state index contributed by atoms with van der Waals surface area (Å²) in [4.78, 5) is 19.7. The lowest BCUT2D eigenvalue weighted by Crippen LogP contribution is -2.21. The summed E-state index contributed by atoms with van der Waals surface area (Å²) in [5.41, 5.74) is 0. The van der Waals surface area contributed by atoms with Crippen LogP contribution in [-0.2, 0) is 9.59 Å². The Morgan fingerprint density at radius 2 is 2.40 bits per heavy atom. The number of aliphatic carboxylic acids is 1. The topological polar surface area (TPSA) is 66.4 Å². The fourth-order valence-electron chi connectivity index (χ4n) is 0.526. The first kappa shape index (κ1) is 9.16. The fourth-order valence-corrected chi connectivity index (χ4v) is 0.526. The second-order valence-electron chi connectivity index (χ2n) is 1.87. The maximum absolute atomic E-state index is 9.93. The van der Waals surface area contributed by atoms with Gasteiger partial charge in [0.05, 0.1) is 6.19 Å². The lowest BCUT2D eigenvalue weighted by molar-refractivity contribution is -0.137. The van der Waals surface area contributed by atoms with Crippen LogP contribution in [-0.4, -0.2) is 31.2 Å². The van der Waals surface area contributed by atoms with Gasteiger partial charge in [-0.15, -0.1) is 0 Å². The zero-order chi connectivity index (χ0) is 7.82. The molecule has 0 unspecified atom stereocenters. The van der Waals surface area contributed by atoms with Crippen molar-refractivity contribution in [3.05, 3.63) is 0 Å². The molecule has 0 bridgehead atoms. The highest BCUT2D eigenvalue weighted by Gasteiger charge is 1.94. The summed E-state index contributed by atoms with van der Waals surface area (Å²) in [6, 6.07) is 0. The van der Waals surface area contributed by atoms with Crippen molar-refractivity contribution >= 4 is 19.6 Å². The summed E-state index contributed by atoms with van der Waals surface area (Å²) >= 11 is 0. The molecule has 0 atom stereocenters. The normalized spacial score (nSPS) is 8.80. The van der Waals surface area contributed by atoms with Gasteiger partial charge in [-0.2, -0.15) is 0 Å². The Bertz CT molecular complexity index is 117. The molecule has 0 aliphatic rings. The first-order valence-electron chi connectivity index (χ1n) is 3.13. The molecule has 0 rings (SSSR count). The van der Waals surface area contributed by atoms with E-state index in [0.717, 1.165) is 6.19 Å². The molecule has 0 aliphatic heterocycles. The van der Waals surface area contributed by atoms with Crippen LogP contribution in [0, 0.1) is 0 Å². The maximum atomic E-state index is 9.93. The van der Waals surface area contributed by atoms with Crippen LogP contribution >= 0.6 is 0 Å². The Balaban J connectivity index is 2.90. The molecule has 56 valence electrons.